The van der Waals surface area contributed by atoms with Gasteiger partial charge >= 0.3 is 0 Å². The third-order valence-corrected chi connectivity index (χ3v) is 13.0. The van der Waals surface area contributed by atoms with E-state index in [1.54, 1.807) is 0 Å². The summed E-state index contributed by atoms with van der Waals surface area (Å²) >= 11 is 0. The van der Waals surface area contributed by atoms with E-state index < -0.39 is 0 Å². The van der Waals surface area contributed by atoms with Gasteiger partial charge in [-0.05, 0) is 140 Å². The summed E-state index contributed by atoms with van der Waals surface area (Å²) in [4.78, 5) is 2.46. The van der Waals surface area contributed by atoms with Crippen LogP contribution in [0.1, 0.15) is 36.1 Å². The highest BCUT2D eigenvalue weighted by Crippen LogP contribution is 2.51. The van der Waals surface area contributed by atoms with E-state index in [1.165, 1.54) is 88.2 Å². The van der Waals surface area contributed by atoms with Crippen molar-refractivity contribution < 1.29 is 0 Å². The first kappa shape index (κ1) is 33.0. The SMILES string of the molecule is CC1(C)c2ccccc2-c2ccc(N(c3cccc(-c4ccccc4)c3)c3ccc4c(c3)c3cc5c6c(ccc5cc3n4-c3ccccc3)Cc3ccccc3-6)cc21. The lowest BCUT2D eigenvalue weighted by atomic mass is 9.82. The maximum atomic E-state index is 2.48. The highest BCUT2D eigenvalue weighted by atomic mass is 15.1. The van der Waals surface area contributed by atoms with Crippen LogP contribution in [-0.4, -0.2) is 4.57 Å². The van der Waals surface area contributed by atoms with Crippen LogP contribution in [0.5, 0.6) is 0 Å². The molecule has 2 nitrogen and oxygen atoms in total. The van der Waals surface area contributed by atoms with Gasteiger partial charge in [-0.2, -0.15) is 0 Å². The first-order valence-corrected chi connectivity index (χ1v) is 20.4. The lowest BCUT2D eigenvalue weighted by Gasteiger charge is -2.28. The van der Waals surface area contributed by atoms with Gasteiger partial charge in [0.2, 0.25) is 0 Å². The van der Waals surface area contributed by atoms with E-state index in [9.17, 15) is 0 Å². The molecule has 0 saturated carbocycles. The predicted octanol–water partition coefficient (Wildman–Crippen LogP) is 15.0. The van der Waals surface area contributed by atoms with Crippen LogP contribution in [0.4, 0.5) is 17.1 Å². The van der Waals surface area contributed by atoms with E-state index in [0.717, 1.165) is 29.2 Å². The van der Waals surface area contributed by atoms with Gasteiger partial charge in [-0.3, -0.25) is 0 Å². The minimum absolute atomic E-state index is 0.119. The Hall–Kier alpha value is -7.16. The molecule has 2 aliphatic rings. The largest absolute Gasteiger partial charge is 0.310 e. The Morgan fingerprint density at radius 1 is 0.431 bits per heavy atom. The number of hydrogen-bond donors (Lipinski definition) is 0. The Bertz CT molecular complexity index is 3280. The Morgan fingerprint density at radius 3 is 1.97 bits per heavy atom. The molecule has 0 amide bonds. The van der Waals surface area contributed by atoms with E-state index >= 15 is 0 Å². The third-order valence-electron chi connectivity index (χ3n) is 13.0. The van der Waals surface area contributed by atoms with Crippen molar-refractivity contribution in [1.82, 2.24) is 4.57 Å². The zero-order chi connectivity index (χ0) is 38.5. The molecular formula is C56H40N2. The van der Waals surface area contributed by atoms with E-state index in [0.29, 0.717) is 0 Å². The van der Waals surface area contributed by atoms with Crippen LogP contribution < -0.4 is 4.90 Å². The van der Waals surface area contributed by atoms with Crippen LogP contribution >= 0.6 is 0 Å². The molecule has 2 heteroatoms. The lowest BCUT2D eigenvalue weighted by molar-refractivity contribution is 0.660. The van der Waals surface area contributed by atoms with Gasteiger partial charge in [-0.1, -0.05) is 141 Å². The van der Waals surface area contributed by atoms with Gasteiger partial charge < -0.3 is 9.47 Å². The molecule has 274 valence electrons. The molecule has 9 aromatic carbocycles. The molecule has 0 saturated heterocycles. The van der Waals surface area contributed by atoms with Gasteiger partial charge in [0.05, 0.1) is 11.0 Å². The van der Waals surface area contributed by atoms with Crippen molar-refractivity contribution in [3.05, 3.63) is 216 Å². The van der Waals surface area contributed by atoms with Crippen molar-refractivity contribution >= 4 is 49.6 Å². The minimum Gasteiger partial charge on any atom is -0.310 e. The van der Waals surface area contributed by atoms with Crippen LogP contribution in [0.3, 0.4) is 0 Å². The normalized spacial score (nSPS) is 13.4. The molecule has 0 atom stereocenters. The van der Waals surface area contributed by atoms with Crippen molar-refractivity contribution in [3.63, 3.8) is 0 Å². The summed E-state index contributed by atoms with van der Waals surface area (Å²) in [5.41, 5.74) is 20.2. The second-order valence-corrected chi connectivity index (χ2v) is 16.5. The number of fused-ring (bicyclic) bond motifs is 11. The molecule has 58 heavy (non-hydrogen) atoms. The molecule has 0 unspecified atom stereocenters. The average Bonchev–Trinajstić information content (AvgIpc) is 3.89. The van der Waals surface area contributed by atoms with Gasteiger partial charge in [0, 0.05) is 38.9 Å². The number of anilines is 3. The van der Waals surface area contributed by atoms with Crippen molar-refractivity contribution in [2.24, 2.45) is 0 Å². The minimum atomic E-state index is -0.119. The maximum absolute atomic E-state index is 2.48. The maximum Gasteiger partial charge on any atom is 0.0547 e. The monoisotopic (exact) mass is 740 g/mol. The number of aromatic nitrogens is 1. The quantitative estimate of drug-likeness (QED) is 0.171. The van der Waals surface area contributed by atoms with E-state index in [2.05, 4.69) is 217 Å². The Labute approximate surface area is 338 Å². The average molecular weight is 741 g/mol. The Morgan fingerprint density at radius 2 is 1.10 bits per heavy atom. The van der Waals surface area contributed by atoms with Crippen LogP contribution in [0.15, 0.2) is 194 Å². The highest BCUT2D eigenvalue weighted by Gasteiger charge is 2.36. The lowest BCUT2D eigenvalue weighted by Crippen LogP contribution is -2.16. The van der Waals surface area contributed by atoms with Gasteiger partial charge in [-0.25, -0.2) is 0 Å². The topological polar surface area (TPSA) is 8.17 Å². The van der Waals surface area contributed by atoms with E-state index in [1.807, 2.05) is 0 Å². The molecule has 0 fully saturated rings. The Kier molecular flexibility index (Phi) is 7.07. The molecule has 10 aromatic rings. The molecule has 12 rings (SSSR count). The van der Waals surface area contributed by atoms with Crippen molar-refractivity contribution in [2.75, 3.05) is 4.90 Å². The first-order chi connectivity index (χ1) is 28.5. The fraction of sp³-hybridized carbons (Fsp3) is 0.0714. The zero-order valence-corrected chi connectivity index (χ0v) is 32.6. The fourth-order valence-electron chi connectivity index (χ4n) is 10.2. The predicted molar refractivity (Wildman–Crippen MR) is 244 cm³/mol. The fourth-order valence-corrected chi connectivity index (χ4v) is 10.2. The van der Waals surface area contributed by atoms with Crippen LogP contribution in [-0.2, 0) is 11.8 Å². The summed E-state index contributed by atoms with van der Waals surface area (Å²) in [7, 11) is 0. The third kappa shape index (κ3) is 4.85. The summed E-state index contributed by atoms with van der Waals surface area (Å²) < 4.78 is 2.45. The van der Waals surface area contributed by atoms with Gasteiger partial charge in [0.15, 0.2) is 0 Å². The number of benzene rings is 9. The number of para-hydroxylation sites is 1. The van der Waals surface area contributed by atoms with E-state index in [-0.39, 0.29) is 5.41 Å². The van der Waals surface area contributed by atoms with Gasteiger partial charge in [-0.15, -0.1) is 0 Å². The molecule has 0 radical (unpaired) electrons. The first-order valence-electron chi connectivity index (χ1n) is 20.4. The van der Waals surface area contributed by atoms with Crippen LogP contribution in [0.25, 0.3) is 71.6 Å². The van der Waals surface area contributed by atoms with Crippen LogP contribution in [0, 0.1) is 0 Å². The number of hydrogen-bond acceptors (Lipinski definition) is 1. The number of nitrogens with zero attached hydrogens (tertiary/aromatic N) is 2. The Balaban J connectivity index is 1.12. The summed E-state index contributed by atoms with van der Waals surface area (Å²) in [5, 5.41) is 5.08. The summed E-state index contributed by atoms with van der Waals surface area (Å²) in [6, 6.07) is 72.2. The molecule has 1 aromatic heterocycles. The molecule has 0 N–H and O–H groups in total. The number of rotatable bonds is 5. The zero-order valence-electron chi connectivity index (χ0n) is 32.6. The molecular weight excluding hydrogens is 701 g/mol. The molecule has 2 aliphatic carbocycles. The van der Waals surface area contributed by atoms with Gasteiger partial charge in [0.25, 0.3) is 0 Å². The second kappa shape index (κ2) is 12.4. The molecule has 1 heterocycles. The second-order valence-electron chi connectivity index (χ2n) is 16.5. The standard InChI is InChI=1S/C56H40N2/c1-56(2)51-23-12-11-22-46(51)47-28-26-44(34-52(47)56)57(42-20-13-17-37(31-42)36-14-5-3-6-15-36)43-27-29-53-49(33-43)50-35-48-39(32-54(50)58(53)41-18-7-4-8-19-41)24-25-40-30-38-16-9-10-21-45(38)55(40)48/h3-29,31-35H,30H2,1-2H3. The van der Waals surface area contributed by atoms with Crippen molar-refractivity contribution in [2.45, 2.75) is 25.7 Å². The smallest absolute Gasteiger partial charge is 0.0547 e. The van der Waals surface area contributed by atoms with Gasteiger partial charge in [0.1, 0.15) is 0 Å². The molecule has 0 bridgehead atoms. The van der Waals surface area contributed by atoms with E-state index in [4.69, 9.17) is 0 Å². The molecule has 0 spiro atoms. The summed E-state index contributed by atoms with van der Waals surface area (Å²) in [5.74, 6) is 0. The highest BCUT2D eigenvalue weighted by molar-refractivity contribution is 6.17. The van der Waals surface area contributed by atoms with Crippen LogP contribution in [0.2, 0.25) is 0 Å². The van der Waals surface area contributed by atoms with Crippen molar-refractivity contribution in [1.29, 1.82) is 0 Å². The van der Waals surface area contributed by atoms with Crippen molar-refractivity contribution in [3.8, 4) is 39.1 Å². The summed E-state index contributed by atoms with van der Waals surface area (Å²) in [6.07, 6.45) is 0.981. The summed E-state index contributed by atoms with van der Waals surface area (Å²) in [6.45, 7) is 4.73. The molecule has 0 aliphatic heterocycles.